The van der Waals surface area contributed by atoms with Crippen LogP contribution in [0, 0.1) is 6.92 Å². The van der Waals surface area contributed by atoms with Gasteiger partial charge in [-0.25, -0.2) is 0 Å². The van der Waals surface area contributed by atoms with Crippen LogP contribution in [0.5, 0.6) is 0 Å². The standard InChI is InChI=1S/C16H23N3/c1-4-14-6-8-15(9-7-14)16(17-5-2)12-19-11-10-13(3)18-19/h6-11,16-17H,4-5,12H2,1-3H3. The quantitative estimate of drug-likeness (QED) is 0.861. The second kappa shape index (κ2) is 6.53. The van der Waals surface area contributed by atoms with Crippen LogP contribution >= 0.6 is 0 Å². The van der Waals surface area contributed by atoms with E-state index in [0.717, 1.165) is 25.2 Å². The molecule has 0 saturated heterocycles. The maximum absolute atomic E-state index is 4.47. The predicted molar refractivity (Wildman–Crippen MR) is 79.2 cm³/mol. The Kier molecular flexibility index (Phi) is 4.74. The average Bonchev–Trinajstić information content (AvgIpc) is 2.84. The second-order valence-electron chi connectivity index (χ2n) is 4.88. The zero-order valence-electron chi connectivity index (χ0n) is 12.1. The van der Waals surface area contributed by atoms with E-state index in [1.54, 1.807) is 0 Å². The lowest BCUT2D eigenvalue weighted by Gasteiger charge is -2.18. The summed E-state index contributed by atoms with van der Waals surface area (Å²) in [5.74, 6) is 0. The normalized spacial score (nSPS) is 12.6. The Morgan fingerprint density at radius 3 is 2.42 bits per heavy atom. The molecule has 0 amide bonds. The van der Waals surface area contributed by atoms with Gasteiger partial charge in [-0.3, -0.25) is 4.68 Å². The van der Waals surface area contributed by atoms with E-state index in [9.17, 15) is 0 Å². The summed E-state index contributed by atoms with van der Waals surface area (Å²) in [6.45, 7) is 8.17. The van der Waals surface area contributed by atoms with Crippen molar-refractivity contribution in [1.82, 2.24) is 15.1 Å². The zero-order valence-corrected chi connectivity index (χ0v) is 12.1. The Balaban J connectivity index is 2.13. The minimum atomic E-state index is 0.315. The largest absolute Gasteiger partial charge is 0.309 e. The van der Waals surface area contributed by atoms with Crippen molar-refractivity contribution in [2.24, 2.45) is 0 Å². The first-order valence-electron chi connectivity index (χ1n) is 7.05. The van der Waals surface area contributed by atoms with E-state index in [1.807, 2.05) is 23.9 Å². The van der Waals surface area contributed by atoms with Gasteiger partial charge >= 0.3 is 0 Å². The highest BCUT2D eigenvalue weighted by Gasteiger charge is 2.11. The molecule has 0 fully saturated rings. The van der Waals surface area contributed by atoms with Crippen LogP contribution in [0.15, 0.2) is 36.5 Å². The number of likely N-dealkylation sites (N-methyl/N-ethyl adjacent to an activating group) is 1. The summed E-state index contributed by atoms with van der Waals surface area (Å²) in [5.41, 5.74) is 3.78. The van der Waals surface area contributed by atoms with Crippen molar-refractivity contribution < 1.29 is 0 Å². The Hall–Kier alpha value is -1.61. The van der Waals surface area contributed by atoms with Crippen LogP contribution in [0.1, 0.15) is 36.7 Å². The molecule has 0 spiro atoms. The van der Waals surface area contributed by atoms with Gasteiger partial charge in [-0.05, 0) is 37.1 Å². The molecule has 0 aliphatic carbocycles. The number of nitrogens with one attached hydrogen (secondary N) is 1. The Labute approximate surface area is 115 Å². The summed E-state index contributed by atoms with van der Waals surface area (Å²) >= 11 is 0. The number of hydrogen-bond acceptors (Lipinski definition) is 2. The molecular formula is C16H23N3. The van der Waals surface area contributed by atoms with Crippen LogP contribution in [0.4, 0.5) is 0 Å². The van der Waals surface area contributed by atoms with Crippen molar-refractivity contribution in [3.8, 4) is 0 Å². The van der Waals surface area contributed by atoms with Gasteiger partial charge in [0, 0.05) is 6.20 Å². The molecule has 1 unspecified atom stereocenters. The molecule has 102 valence electrons. The highest BCUT2D eigenvalue weighted by atomic mass is 15.3. The first-order chi connectivity index (χ1) is 9.22. The van der Waals surface area contributed by atoms with Crippen LogP contribution in [0.3, 0.4) is 0 Å². The fourth-order valence-corrected chi connectivity index (χ4v) is 2.27. The Morgan fingerprint density at radius 1 is 1.16 bits per heavy atom. The first-order valence-corrected chi connectivity index (χ1v) is 7.05. The molecule has 2 aromatic rings. The van der Waals surface area contributed by atoms with Gasteiger partial charge in [0.05, 0.1) is 18.3 Å². The lowest BCUT2D eigenvalue weighted by atomic mass is 10.0. The lowest BCUT2D eigenvalue weighted by Crippen LogP contribution is -2.25. The molecule has 0 aliphatic rings. The number of benzene rings is 1. The van der Waals surface area contributed by atoms with Crippen LogP contribution in [-0.2, 0) is 13.0 Å². The van der Waals surface area contributed by atoms with E-state index in [0.29, 0.717) is 6.04 Å². The first kappa shape index (κ1) is 13.8. The molecule has 1 heterocycles. The molecule has 1 atom stereocenters. The van der Waals surface area contributed by atoms with E-state index in [1.165, 1.54) is 11.1 Å². The third kappa shape index (κ3) is 3.67. The molecule has 3 heteroatoms. The average molecular weight is 257 g/mol. The molecule has 0 radical (unpaired) electrons. The molecule has 1 N–H and O–H groups in total. The third-order valence-corrected chi connectivity index (χ3v) is 3.38. The monoisotopic (exact) mass is 257 g/mol. The number of nitrogens with zero attached hydrogens (tertiary/aromatic N) is 2. The van der Waals surface area contributed by atoms with Crippen molar-refractivity contribution in [2.75, 3.05) is 6.54 Å². The minimum Gasteiger partial charge on any atom is -0.309 e. The van der Waals surface area contributed by atoms with Gasteiger partial charge in [0.15, 0.2) is 0 Å². The number of aromatic nitrogens is 2. The summed E-state index contributed by atoms with van der Waals surface area (Å²) in [5, 5.41) is 8.00. The summed E-state index contributed by atoms with van der Waals surface area (Å²) in [6, 6.07) is 11.2. The molecule has 19 heavy (non-hydrogen) atoms. The smallest absolute Gasteiger partial charge is 0.0604 e. The van der Waals surface area contributed by atoms with Gasteiger partial charge in [0.2, 0.25) is 0 Å². The molecule has 1 aromatic heterocycles. The number of rotatable bonds is 6. The summed E-state index contributed by atoms with van der Waals surface area (Å²) in [7, 11) is 0. The van der Waals surface area contributed by atoms with E-state index in [4.69, 9.17) is 0 Å². The molecule has 0 aliphatic heterocycles. The summed E-state index contributed by atoms with van der Waals surface area (Å²) in [6.07, 6.45) is 3.13. The lowest BCUT2D eigenvalue weighted by molar-refractivity contribution is 0.447. The molecule has 1 aromatic carbocycles. The van der Waals surface area contributed by atoms with E-state index < -0.39 is 0 Å². The highest BCUT2D eigenvalue weighted by Crippen LogP contribution is 2.16. The molecule has 0 bridgehead atoms. The van der Waals surface area contributed by atoms with Gasteiger partial charge in [0.1, 0.15) is 0 Å². The summed E-state index contributed by atoms with van der Waals surface area (Å²) < 4.78 is 2.01. The Bertz CT molecular complexity index is 499. The minimum absolute atomic E-state index is 0.315. The molecular weight excluding hydrogens is 234 g/mol. The third-order valence-electron chi connectivity index (χ3n) is 3.38. The van der Waals surface area contributed by atoms with Crippen LogP contribution in [0.2, 0.25) is 0 Å². The zero-order chi connectivity index (χ0) is 13.7. The SMILES string of the molecule is CCNC(Cn1ccc(C)n1)c1ccc(CC)cc1. The fourth-order valence-electron chi connectivity index (χ4n) is 2.27. The van der Waals surface area contributed by atoms with Crippen molar-refractivity contribution in [1.29, 1.82) is 0 Å². The van der Waals surface area contributed by atoms with Gasteiger partial charge in [-0.2, -0.15) is 5.10 Å². The molecule has 3 nitrogen and oxygen atoms in total. The van der Waals surface area contributed by atoms with E-state index in [-0.39, 0.29) is 0 Å². The Morgan fingerprint density at radius 2 is 1.89 bits per heavy atom. The molecule has 2 rings (SSSR count). The van der Waals surface area contributed by atoms with Gasteiger partial charge in [-0.1, -0.05) is 38.1 Å². The predicted octanol–water partition coefficient (Wildman–Crippen LogP) is 3.10. The second-order valence-corrected chi connectivity index (χ2v) is 4.88. The van der Waals surface area contributed by atoms with Crippen molar-refractivity contribution in [3.63, 3.8) is 0 Å². The van der Waals surface area contributed by atoms with Crippen molar-refractivity contribution >= 4 is 0 Å². The summed E-state index contributed by atoms with van der Waals surface area (Å²) in [4.78, 5) is 0. The van der Waals surface area contributed by atoms with E-state index >= 15 is 0 Å². The fraction of sp³-hybridized carbons (Fsp3) is 0.438. The van der Waals surface area contributed by atoms with Crippen LogP contribution < -0.4 is 5.32 Å². The van der Waals surface area contributed by atoms with Crippen LogP contribution in [0.25, 0.3) is 0 Å². The maximum atomic E-state index is 4.47. The van der Waals surface area contributed by atoms with Crippen LogP contribution in [-0.4, -0.2) is 16.3 Å². The van der Waals surface area contributed by atoms with Gasteiger partial charge < -0.3 is 5.32 Å². The number of hydrogen-bond donors (Lipinski definition) is 1. The topological polar surface area (TPSA) is 29.9 Å². The van der Waals surface area contributed by atoms with E-state index in [2.05, 4.69) is 48.5 Å². The highest BCUT2D eigenvalue weighted by molar-refractivity contribution is 5.25. The van der Waals surface area contributed by atoms with Gasteiger partial charge in [-0.15, -0.1) is 0 Å². The molecule has 0 saturated carbocycles. The van der Waals surface area contributed by atoms with Gasteiger partial charge in [0.25, 0.3) is 0 Å². The van der Waals surface area contributed by atoms with Crippen molar-refractivity contribution in [2.45, 2.75) is 39.8 Å². The number of aryl methyl sites for hydroxylation is 2. The van der Waals surface area contributed by atoms with Crippen molar-refractivity contribution in [3.05, 3.63) is 53.3 Å². The maximum Gasteiger partial charge on any atom is 0.0604 e.